The Bertz CT molecular complexity index is 1070. The number of allylic oxidation sites excluding steroid dienone is 3. The summed E-state index contributed by atoms with van der Waals surface area (Å²) in [5.74, 6) is -0.211. The van der Waals surface area contributed by atoms with E-state index in [1.807, 2.05) is 13.8 Å². The fourth-order valence-corrected chi connectivity index (χ4v) is 3.84. The molecule has 4 rings (SSSR count). The Balaban J connectivity index is 1.81. The molecule has 1 unspecified atom stereocenters. The third kappa shape index (κ3) is 3.06. The first kappa shape index (κ1) is 18.3. The Labute approximate surface area is 167 Å². The van der Waals surface area contributed by atoms with Gasteiger partial charge in [0.1, 0.15) is 17.4 Å². The molecule has 1 aromatic heterocycles. The molecule has 0 saturated carbocycles. The average Bonchev–Trinajstić information content (AvgIpc) is 3.09. The molecule has 0 radical (unpaired) electrons. The highest BCUT2D eigenvalue weighted by Crippen LogP contribution is 2.47. The Kier molecular flexibility index (Phi) is 4.24. The van der Waals surface area contributed by atoms with Crippen LogP contribution >= 0.6 is 11.6 Å². The van der Waals surface area contributed by atoms with Crippen LogP contribution in [-0.4, -0.2) is 20.8 Å². The highest BCUT2D eigenvalue weighted by molar-refractivity contribution is 6.30. The van der Waals surface area contributed by atoms with Crippen molar-refractivity contribution >= 4 is 17.4 Å². The molecule has 7 nitrogen and oxygen atoms in total. The fraction of sp³-hybridized carbons (Fsp3) is 0.300. The van der Waals surface area contributed by atoms with E-state index in [9.17, 15) is 10.1 Å². The zero-order valence-electron chi connectivity index (χ0n) is 15.4. The van der Waals surface area contributed by atoms with Gasteiger partial charge in [0.15, 0.2) is 5.78 Å². The molecule has 0 saturated heterocycles. The van der Waals surface area contributed by atoms with E-state index in [0.29, 0.717) is 34.9 Å². The van der Waals surface area contributed by atoms with Crippen LogP contribution in [0.4, 0.5) is 0 Å². The van der Waals surface area contributed by atoms with Crippen LogP contribution in [0.5, 0.6) is 0 Å². The number of halogens is 1. The fourth-order valence-electron chi connectivity index (χ4n) is 3.71. The van der Waals surface area contributed by atoms with E-state index in [2.05, 4.69) is 16.4 Å². The molecule has 2 heterocycles. The van der Waals surface area contributed by atoms with Crippen LogP contribution in [0.15, 0.2) is 53.3 Å². The summed E-state index contributed by atoms with van der Waals surface area (Å²) in [6, 6.07) is 9.19. The van der Waals surface area contributed by atoms with Crippen molar-refractivity contribution in [3.63, 3.8) is 0 Å². The lowest BCUT2D eigenvalue weighted by atomic mass is 9.71. The second kappa shape index (κ2) is 6.50. The highest BCUT2D eigenvalue weighted by atomic mass is 35.5. The summed E-state index contributed by atoms with van der Waals surface area (Å²) in [5.41, 5.74) is 7.64. The Morgan fingerprint density at radius 2 is 2.04 bits per heavy atom. The van der Waals surface area contributed by atoms with Gasteiger partial charge in [0, 0.05) is 23.4 Å². The molecule has 1 atom stereocenters. The van der Waals surface area contributed by atoms with E-state index < -0.39 is 5.92 Å². The lowest BCUT2D eigenvalue weighted by Crippen LogP contribution is -2.33. The number of carbonyl (C=O) groups excluding carboxylic acids is 1. The molecule has 1 aliphatic heterocycles. The standard InChI is InChI=1S/C20H18ClN5O2/c1-20(2)7-15(27)18-16(8-20)28-19(23)13(9-22)17(18)14-10-26(25-24-14)12-5-3-11(21)4-6-12/h3-6,10,17H,7-8,23H2,1-2H3. The molecule has 8 heteroatoms. The van der Waals surface area contributed by atoms with Gasteiger partial charge in [-0.2, -0.15) is 5.26 Å². The Morgan fingerprint density at radius 1 is 1.32 bits per heavy atom. The number of nitriles is 1. The molecule has 0 amide bonds. The van der Waals surface area contributed by atoms with Crippen molar-refractivity contribution in [2.24, 2.45) is 11.1 Å². The van der Waals surface area contributed by atoms with Gasteiger partial charge in [-0.1, -0.05) is 30.7 Å². The molecule has 2 aromatic rings. The number of nitrogens with zero attached hydrogens (tertiary/aromatic N) is 4. The van der Waals surface area contributed by atoms with Crippen LogP contribution in [0.25, 0.3) is 5.69 Å². The monoisotopic (exact) mass is 395 g/mol. The summed E-state index contributed by atoms with van der Waals surface area (Å²) in [5, 5.41) is 18.7. The van der Waals surface area contributed by atoms with Crippen molar-refractivity contribution in [3.8, 4) is 11.8 Å². The molecule has 28 heavy (non-hydrogen) atoms. The summed E-state index contributed by atoms with van der Waals surface area (Å²) < 4.78 is 7.25. The molecule has 0 bridgehead atoms. The maximum atomic E-state index is 12.9. The van der Waals surface area contributed by atoms with Crippen molar-refractivity contribution in [1.82, 2.24) is 15.0 Å². The maximum Gasteiger partial charge on any atom is 0.205 e. The lowest BCUT2D eigenvalue weighted by molar-refractivity contribution is -0.119. The zero-order valence-corrected chi connectivity index (χ0v) is 16.2. The Morgan fingerprint density at radius 3 is 2.71 bits per heavy atom. The smallest absolute Gasteiger partial charge is 0.205 e. The van der Waals surface area contributed by atoms with Crippen LogP contribution in [0.2, 0.25) is 5.02 Å². The van der Waals surface area contributed by atoms with E-state index >= 15 is 0 Å². The molecule has 0 fully saturated rings. The van der Waals surface area contributed by atoms with Gasteiger partial charge < -0.3 is 10.5 Å². The van der Waals surface area contributed by atoms with Gasteiger partial charge >= 0.3 is 0 Å². The van der Waals surface area contributed by atoms with Gasteiger partial charge in [-0.3, -0.25) is 4.79 Å². The first-order valence-corrected chi connectivity index (χ1v) is 9.19. The summed E-state index contributed by atoms with van der Waals surface area (Å²) in [7, 11) is 0. The largest absolute Gasteiger partial charge is 0.444 e. The molecule has 2 aliphatic rings. The number of hydrogen-bond acceptors (Lipinski definition) is 6. The molecule has 1 aromatic carbocycles. The van der Waals surface area contributed by atoms with Gasteiger partial charge in [0.05, 0.1) is 23.5 Å². The van der Waals surface area contributed by atoms with Crippen LogP contribution < -0.4 is 5.73 Å². The van der Waals surface area contributed by atoms with Gasteiger partial charge in [0.25, 0.3) is 0 Å². The maximum absolute atomic E-state index is 12.9. The minimum atomic E-state index is -0.682. The predicted molar refractivity (Wildman–Crippen MR) is 102 cm³/mol. The molecule has 142 valence electrons. The lowest BCUT2D eigenvalue weighted by Gasteiger charge is -2.36. The van der Waals surface area contributed by atoms with E-state index in [-0.39, 0.29) is 22.7 Å². The summed E-state index contributed by atoms with van der Waals surface area (Å²) in [4.78, 5) is 12.9. The summed E-state index contributed by atoms with van der Waals surface area (Å²) in [6.45, 7) is 4.01. The third-order valence-electron chi connectivity index (χ3n) is 4.97. The van der Waals surface area contributed by atoms with Crippen LogP contribution in [0.1, 0.15) is 38.3 Å². The van der Waals surface area contributed by atoms with Crippen LogP contribution in [0, 0.1) is 16.7 Å². The minimum Gasteiger partial charge on any atom is -0.444 e. The van der Waals surface area contributed by atoms with Crippen molar-refractivity contribution in [2.45, 2.75) is 32.6 Å². The number of hydrogen-bond donors (Lipinski definition) is 1. The number of ketones is 1. The molecule has 2 N–H and O–H groups in total. The second-order valence-corrected chi connectivity index (χ2v) is 8.20. The highest BCUT2D eigenvalue weighted by Gasteiger charge is 2.44. The molecular formula is C20H18ClN5O2. The summed E-state index contributed by atoms with van der Waals surface area (Å²) >= 11 is 5.94. The topological polar surface area (TPSA) is 107 Å². The van der Waals surface area contributed by atoms with Gasteiger partial charge in [-0.05, 0) is 29.7 Å². The van der Waals surface area contributed by atoms with Gasteiger partial charge in [0.2, 0.25) is 5.88 Å². The molecular weight excluding hydrogens is 378 g/mol. The van der Waals surface area contributed by atoms with Crippen molar-refractivity contribution in [1.29, 1.82) is 5.26 Å². The first-order valence-electron chi connectivity index (χ1n) is 8.81. The van der Waals surface area contributed by atoms with Crippen molar-refractivity contribution in [2.75, 3.05) is 0 Å². The minimum absolute atomic E-state index is 0.0118. The van der Waals surface area contributed by atoms with Gasteiger partial charge in [-0.25, -0.2) is 4.68 Å². The SMILES string of the molecule is CC1(C)CC(=O)C2=C(C1)OC(N)=C(C#N)C2c1cn(-c2ccc(Cl)cc2)nn1. The van der Waals surface area contributed by atoms with Crippen molar-refractivity contribution in [3.05, 3.63) is 64.0 Å². The zero-order chi connectivity index (χ0) is 20.1. The number of Topliss-reactive ketones (excluding diaryl/α,β-unsaturated/α-hetero) is 1. The number of nitrogens with two attached hydrogens (primary N) is 1. The predicted octanol–water partition coefficient (Wildman–Crippen LogP) is 3.37. The van der Waals surface area contributed by atoms with E-state index in [1.54, 1.807) is 35.1 Å². The average molecular weight is 396 g/mol. The summed E-state index contributed by atoms with van der Waals surface area (Å²) in [6.07, 6.45) is 2.63. The quantitative estimate of drug-likeness (QED) is 0.835. The number of carbonyl (C=O) groups is 1. The molecule has 0 spiro atoms. The Hall–Kier alpha value is -3.11. The normalized spacial score (nSPS) is 21.2. The third-order valence-corrected chi connectivity index (χ3v) is 5.23. The number of ether oxygens (including phenoxy) is 1. The van der Waals surface area contributed by atoms with E-state index in [1.165, 1.54) is 0 Å². The van der Waals surface area contributed by atoms with E-state index in [4.69, 9.17) is 22.1 Å². The second-order valence-electron chi connectivity index (χ2n) is 7.77. The first-order chi connectivity index (χ1) is 13.3. The van der Waals surface area contributed by atoms with Crippen LogP contribution in [0.3, 0.4) is 0 Å². The van der Waals surface area contributed by atoms with Crippen LogP contribution in [-0.2, 0) is 9.53 Å². The van der Waals surface area contributed by atoms with Gasteiger partial charge in [-0.15, -0.1) is 5.10 Å². The number of aromatic nitrogens is 3. The molecule has 1 aliphatic carbocycles. The van der Waals surface area contributed by atoms with E-state index in [0.717, 1.165) is 5.69 Å². The van der Waals surface area contributed by atoms with Crippen molar-refractivity contribution < 1.29 is 9.53 Å². The number of benzene rings is 1. The number of rotatable bonds is 2.